The third kappa shape index (κ3) is 5.55. The SMILES string of the molecule is Cc1cccc(-c2c3nc(c(-c4cccc(C#N)c4)c4ccc([nH]4)c(-c4cccc(N)c4)c4nc(c(-c5ccccc5)c5ccc2[nH]5)CC4)C=C3)c1. The molecule has 0 spiro atoms. The first-order valence-electron chi connectivity index (χ1n) is 17.5. The van der Waals surface area contributed by atoms with Gasteiger partial charge in [0.15, 0.2) is 0 Å². The van der Waals surface area contributed by atoms with Crippen LogP contribution in [0.5, 0.6) is 0 Å². The van der Waals surface area contributed by atoms with Crippen molar-refractivity contribution in [2.24, 2.45) is 0 Å². The Bertz CT molecular complexity index is 2780. The van der Waals surface area contributed by atoms with Gasteiger partial charge in [0.05, 0.1) is 34.4 Å². The number of benzene rings is 4. The second-order valence-corrected chi connectivity index (χ2v) is 13.3. The molecule has 0 unspecified atom stereocenters. The lowest BCUT2D eigenvalue weighted by molar-refractivity contribution is 1.03. The van der Waals surface area contributed by atoms with Crippen LogP contribution in [-0.4, -0.2) is 19.9 Å². The lowest BCUT2D eigenvalue weighted by Crippen LogP contribution is -1.91. The minimum Gasteiger partial charge on any atom is -0.399 e. The first-order chi connectivity index (χ1) is 25.5. The zero-order valence-electron chi connectivity index (χ0n) is 28.6. The molecular weight excluding hydrogens is 637 g/mol. The fraction of sp³-hybridized carbons (Fsp3) is 0.0652. The largest absolute Gasteiger partial charge is 0.399 e. The smallest absolute Gasteiger partial charge is 0.0991 e. The van der Waals surface area contributed by atoms with Crippen LogP contribution in [0.2, 0.25) is 0 Å². The molecule has 8 bridgehead atoms. The first kappa shape index (κ1) is 31.0. The Kier molecular flexibility index (Phi) is 7.60. The summed E-state index contributed by atoms with van der Waals surface area (Å²) in [5, 5.41) is 9.86. The quantitative estimate of drug-likeness (QED) is 0.162. The van der Waals surface area contributed by atoms with E-state index in [9.17, 15) is 5.26 Å². The van der Waals surface area contributed by atoms with E-state index in [4.69, 9.17) is 15.7 Å². The zero-order chi connectivity index (χ0) is 35.2. The van der Waals surface area contributed by atoms with Gasteiger partial charge in [0, 0.05) is 50.0 Å². The van der Waals surface area contributed by atoms with E-state index in [1.54, 1.807) is 0 Å². The Labute approximate surface area is 301 Å². The minimum absolute atomic E-state index is 0.586. The second kappa shape index (κ2) is 12.7. The van der Waals surface area contributed by atoms with Crippen molar-refractivity contribution in [1.29, 1.82) is 5.26 Å². The van der Waals surface area contributed by atoms with Gasteiger partial charge in [-0.3, -0.25) is 4.98 Å². The number of hydrogen-bond donors (Lipinski definition) is 3. The number of nitriles is 1. The molecule has 0 radical (unpaired) electrons. The number of aromatic amines is 2. The Morgan fingerprint density at radius 2 is 1.06 bits per heavy atom. The highest BCUT2D eigenvalue weighted by molar-refractivity contribution is 5.97. The Balaban J connectivity index is 1.48. The number of nitrogen functional groups attached to an aromatic ring is 1. The molecule has 52 heavy (non-hydrogen) atoms. The molecule has 248 valence electrons. The van der Waals surface area contributed by atoms with Gasteiger partial charge in [-0.2, -0.15) is 5.26 Å². The van der Waals surface area contributed by atoms with Crippen LogP contribution in [0.4, 0.5) is 5.69 Å². The number of hydrogen-bond acceptors (Lipinski definition) is 4. The van der Waals surface area contributed by atoms with E-state index in [0.717, 1.165) is 102 Å². The summed E-state index contributed by atoms with van der Waals surface area (Å²) in [6.07, 6.45) is 5.73. The Hall–Kier alpha value is -6.97. The maximum absolute atomic E-state index is 9.86. The molecule has 0 saturated heterocycles. The standard InChI is InChI=1S/C46H34N6/c1-28-8-5-12-31(24-28)44-37-18-16-35(49-37)43(30-10-3-2-4-11-30)36-17-19-41(50-36)46(33-14-7-15-34(48)26-33)42-23-22-40(52-42)45(39-21-20-38(44)51-39)32-13-6-9-29(25-32)27-47/h2-16,18,20-26,49,52H,17,19,48H2,1H3. The van der Waals surface area contributed by atoms with Crippen molar-refractivity contribution in [1.82, 2.24) is 19.9 Å². The summed E-state index contributed by atoms with van der Waals surface area (Å²) >= 11 is 0. The topological polar surface area (TPSA) is 107 Å². The summed E-state index contributed by atoms with van der Waals surface area (Å²) in [6.45, 7) is 2.11. The van der Waals surface area contributed by atoms with Gasteiger partial charge in [-0.05, 0) is 103 Å². The number of aromatic nitrogens is 4. The van der Waals surface area contributed by atoms with E-state index >= 15 is 0 Å². The number of rotatable bonds is 4. The summed E-state index contributed by atoms with van der Waals surface area (Å²) in [7, 11) is 0. The van der Waals surface area contributed by atoms with Gasteiger partial charge in [-0.25, -0.2) is 4.98 Å². The van der Waals surface area contributed by atoms with Crippen LogP contribution in [0.3, 0.4) is 0 Å². The number of aryl methyl sites for hydroxylation is 3. The number of H-pyrrole nitrogens is 2. The molecule has 0 amide bonds. The molecule has 6 nitrogen and oxygen atoms in total. The van der Waals surface area contributed by atoms with Crippen molar-refractivity contribution in [3.8, 4) is 50.6 Å². The third-order valence-electron chi connectivity index (χ3n) is 9.87. The normalized spacial score (nSPS) is 12.2. The number of nitrogens with one attached hydrogen (secondary N) is 2. The number of fused-ring (bicyclic) bond motifs is 8. The summed E-state index contributed by atoms with van der Waals surface area (Å²) in [5.74, 6) is 0. The maximum atomic E-state index is 9.86. The van der Waals surface area contributed by atoms with Gasteiger partial charge in [0.25, 0.3) is 0 Å². The fourth-order valence-corrected chi connectivity index (χ4v) is 7.57. The molecule has 0 fully saturated rings. The van der Waals surface area contributed by atoms with E-state index in [1.807, 2.05) is 48.5 Å². The molecule has 2 aliphatic rings. The molecular formula is C46H34N6. The van der Waals surface area contributed by atoms with Crippen molar-refractivity contribution in [3.05, 3.63) is 161 Å². The lowest BCUT2D eigenvalue weighted by atomic mass is 10.0. The number of nitrogens with two attached hydrogens (primary N) is 1. The lowest BCUT2D eigenvalue weighted by Gasteiger charge is -2.07. The van der Waals surface area contributed by atoms with Gasteiger partial charge in [-0.15, -0.1) is 0 Å². The summed E-state index contributed by atoms with van der Waals surface area (Å²) in [6, 6.07) is 45.7. The summed E-state index contributed by atoms with van der Waals surface area (Å²) in [5.41, 5.74) is 24.4. The zero-order valence-corrected chi connectivity index (χ0v) is 28.6. The molecule has 0 aliphatic carbocycles. The Morgan fingerprint density at radius 1 is 0.538 bits per heavy atom. The molecule has 5 heterocycles. The second-order valence-electron chi connectivity index (χ2n) is 13.3. The van der Waals surface area contributed by atoms with Crippen molar-refractivity contribution in [3.63, 3.8) is 0 Å². The number of nitrogens with zero attached hydrogens (tertiary/aromatic N) is 3. The Morgan fingerprint density at radius 3 is 1.65 bits per heavy atom. The summed E-state index contributed by atoms with van der Waals surface area (Å²) < 4.78 is 0. The van der Waals surface area contributed by atoms with Crippen molar-refractivity contribution in [2.75, 3.05) is 5.73 Å². The fourth-order valence-electron chi connectivity index (χ4n) is 7.57. The van der Waals surface area contributed by atoms with E-state index in [2.05, 4.69) is 114 Å². The van der Waals surface area contributed by atoms with E-state index in [0.29, 0.717) is 11.3 Å². The summed E-state index contributed by atoms with van der Waals surface area (Å²) in [4.78, 5) is 18.4. The average Bonchev–Trinajstić information content (AvgIpc) is 4.00. The highest BCUT2D eigenvalue weighted by atomic mass is 14.8. The first-order valence-corrected chi connectivity index (χ1v) is 17.5. The van der Waals surface area contributed by atoms with Gasteiger partial charge in [0.1, 0.15) is 0 Å². The molecule has 4 aromatic carbocycles. The van der Waals surface area contributed by atoms with Crippen molar-refractivity contribution >= 4 is 39.9 Å². The van der Waals surface area contributed by atoms with Crippen LogP contribution in [0.25, 0.3) is 78.7 Å². The highest BCUT2D eigenvalue weighted by Crippen LogP contribution is 2.38. The predicted molar refractivity (Wildman–Crippen MR) is 213 cm³/mol. The molecule has 4 N–H and O–H groups in total. The molecule has 7 aromatic rings. The average molecular weight is 671 g/mol. The van der Waals surface area contributed by atoms with E-state index in [-0.39, 0.29) is 0 Å². The van der Waals surface area contributed by atoms with Crippen molar-refractivity contribution < 1.29 is 0 Å². The van der Waals surface area contributed by atoms with Crippen LogP contribution in [0.15, 0.2) is 127 Å². The van der Waals surface area contributed by atoms with Gasteiger partial charge in [-0.1, -0.05) is 84.4 Å². The van der Waals surface area contributed by atoms with E-state index in [1.165, 1.54) is 5.56 Å². The van der Waals surface area contributed by atoms with E-state index < -0.39 is 0 Å². The van der Waals surface area contributed by atoms with Crippen LogP contribution in [0.1, 0.15) is 33.9 Å². The van der Waals surface area contributed by atoms with Crippen LogP contribution in [-0.2, 0) is 12.8 Å². The molecule has 3 aromatic heterocycles. The van der Waals surface area contributed by atoms with Crippen LogP contribution >= 0.6 is 0 Å². The van der Waals surface area contributed by atoms with Gasteiger partial charge < -0.3 is 15.7 Å². The van der Waals surface area contributed by atoms with Gasteiger partial charge >= 0.3 is 0 Å². The monoisotopic (exact) mass is 670 g/mol. The molecule has 0 saturated carbocycles. The predicted octanol–water partition coefficient (Wildman–Crippen LogP) is 10.7. The van der Waals surface area contributed by atoms with Crippen LogP contribution < -0.4 is 5.73 Å². The van der Waals surface area contributed by atoms with Gasteiger partial charge in [0.2, 0.25) is 0 Å². The number of anilines is 1. The van der Waals surface area contributed by atoms with Crippen molar-refractivity contribution in [2.45, 2.75) is 19.8 Å². The maximum Gasteiger partial charge on any atom is 0.0991 e. The molecule has 6 heteroatoms. The third-order valence-corrected chi connectivity index (χ3v) is 9.87. The molecule has 0 atom stereocenters. The molecule has 2 aliphatic heterocycles. The highest BCUT2D eigenvalue weighted by Gasteiger charge is 2.21. The molecule has 9 rings (SSSR count). The van der Waals surface area contributed by atoms with Crippen LogP contribution in [0, 0.1) is 18.3 Å². The minimum atomic E-state index is 0.586.